The molecule has 0 amide bonds. The molecule has 5 nitrogen and oxygen atoms in total. The highest BCUT2D eigenvalue weighted by Crippen LogP contribution is 2.35. The molecule has 86 valence electrons. The van der Waals surface area contributed by atoms with E-state index in [4.69, 9.17) is 15.2 Å². The molecule has 5 heteroatoms. The Morgan fingerprint density at radius 1 is 1.56 bits per heavy atom. The van der Waals surface area contributed by atoms with Crippen molar-refractivity contribution in [1.29, 1.82) is 0 Å². The third-order valence-electron chi connectivity index (χ3n) is 2.42. The third kappa shape index (κ3) is 1.94. The summed E-state index contributed by atoms with van der Waals surface area (Å²) < 4.78 is 15.1. The first-order valence-corrected chi connectivity index (χ1v) is 4.93. The zero-order chi connectivity index (χ0) is 11.5. The van der Waals surface area contributed by atoms with Crippen molar-refractivity contribution >= 4 is 5.97 Å². The van der Waals surface area contributed by atoms with Gasteiger partial charge in [0.1, 0.15) is 6.04 Å². The first-order chi connectivity index (χ1) is 7.72. The molecule has 0 saturated carbocycles. The summed E-state index contributed by atoms with van der Waals surface area (Å²) in [6, 6.07) is 4.83. The van der Waals surface area contributed by atoms with Gasteiger partial charge in [-0.15, -0.1) is 0 Å². The molecule has 1 aromatic rings. The SMILES string of the molecule is COC(=O)C(N)Cc1cccc2c1OCO2. The summed E-state index contributed by atoms with van der Waals surface area (Å²) in [5, 5.41) is 0. The Hall–Kier alpha value is -1.75. The van der Waals surface area contributed by atoms with Crippen LogP contribution in [0.2, 0.25) is 0 Å². The van der Waals surface area contributed by atoms with E-state index in [1.54, 1.807) is 0 Å². The molecule has 0 radical (unpaired) electrons. The normalized spacial score (nSPS) is 14.6. The van der Waals surface area contributed by atoms with Crippen molar-refractivity contribution in [3.63, 3.8) is 0 Å². The monoisotopic (exact) mass is 223 g/mol. The highest BCUT2D eigenvalue weighted by Gasteiger charge is 2.21. The number of methoxy groups -OCH3 is 1. The van der Waals surface area contributed by atoms with Gasteiger partial charge in [-0.1, -0.05) is 12.1 Å². The van der Waals surface area contributed by atoms with Gasteiger partial charge < -0.3 is 19.9 Å². The van der Waals surface area contributed by atoms with Gasteiger partial charge in [-0.05, 0) is 6.07 Å². The van der Waals surface area contributed by atoms with Gasteiger partial charge in [-0.2, -0.15) is 0 Å². The molecule has 1 atom stereocenters. The van der Waals surface area contributed by atoms with E-state index in [1.807, 2.05) is 18.2 Å². The summed E-state index contributed by atoms with van der Waals surface area (Å²) >= 11 is 0. The van der Waals surface area contributed by atoms with E-state index >= 15 is 0 Å². The zero-order valence-corrected chi connectivity index (χ0v) is 8.93. The van der Waals surface area contributed by atoms with Gasteiger partial charge in [0.2, 0.25) is 6.79 Å². The number of hydrogen-bond acceptors (Lipinski definition) is 5. The van der Waals surface area contributed by atoms with Crippen LogP contribution in [0, 0.1) is 0 Å². The Balaban J connectivity index is 2.16. The minimum atomic E-state index is -0.680. The number of para-hydroxylation sites is 1. The Morgan fingerprint density at radius 3 is 3.12 bits per heavy atom. The number of fused-ring (bicyclic) bond motifs is 1. The van der Waals surface area contributed by atoms with Crippen molar-refractivity contribution < 1.29 is 19.0 Å². The summed E-state index contributed by atoms with van der Waals surface area (Å²) in [5.41, 5.74) is 6.54. The van der Waals surface area contributed by atoms with E-state index in [-0.39, 0.29) is 6.79 Å². The van der Waals surface area contributed by atoms with Gasteiger partial charge in [0.05, 0.1) is 7.11 Å². The topological polar surface area (TPSA) is 70.8 Å². The van der Waals surface area contributed by atoms with Crippen molar-refractivity contribution in [2.75, 3.05) is 13.9 Å². The lowest BCUT2D eigenvalue weighted by molar-refractivity contribution is -0.142. The molecule has 1 aromatic carbocycles. The summed E-state index contributed by atoms with van der Waals surface area (Å²) in [4.78, 5) is 11.2. The smallest absolute Gasteiger partial charge is 0.322 e. The number of rotatable bonds is 3. The maximum Gasteiger partial charge on any atom is 0.322 e. The van der Waals surface area contributed by atoms with Crippen molar-refractivity contribution in [3.8, 4) is 11.5 Å². The Kier molecular flexibility index (Phi) is 2.96. The molecule has 0 spiro atoms. The van der Waals surface area contributed by atoms with Crippen molar-refractivity contribution in [2.24, 2.45) is 5.73 Å². The van der Waals surface area contributed by atoms with Crippen molar-refractivity contribution in [2.45, 2.75) is 12.5 Å². The quantitative estimate of drug-likeness (QED) is 0.754. The first-order valence-electron chi connectivity index (χ1n) is 4.93. The predicted octanol–water partition coefficient (Wildman–Crippen LogP) is 0.458. The van der Waals surface area contributed by atoms with Crippen LogP contribution in [0.1, 0.15) is 5.56 Å². The molecular weight excluding hydrogens is 210 g/mol. The van der Waals surface area contributed by atoms with Crippen molar-refractivity contribution in [1.82, 2.24) is 0 Å². The largest absolute Gasteiger partial charge is 0.468 e. The van der Waals surface area contributed by atoms with Crippen molar-refractivity contribution in [3.05, 3.63) is 23.8 Å². The number of hydrogen-bond donors (Lipinski definition) is 1. The highest BCUT2D eigenvalue weighted by atomic mass is 16.7. The molecule has 0 aliphatic carbocycles. The van der Waals surface area contributed by atoms with Crippen LogP contribution in [0.15, 0.2) is 18.2 Å². The van der Waals surface area contributed by atoms with E-state index < -0.39 is 12.0 Å². The summed E-state index contributed by atoms with van der Waals surface area (Å²) in [7, 11) is 1.32. The fourth-order valence-corrected chi connectivity index (χ4v) is 1.62. The van der Waals surface area contributed by atoms with Gasteiger partial charge in [0.25, 0.3) is 0 Å². The summed E-state index contributed by atoms with van der Waals surface area (Å²) in [6.07, 6.45) is 0.374. The van der Waals surface area contributed by atoms with E-state index in [0.29, 0.717) is 17.9 Å². The van der Waals surface area contributed by atoms with E-state index in [9.17, 15) is 4.79 Å². The second-order valence-corrected chi connectivity index (χ2v) is 3.48. The number of benzene rings is 1. The van der Waals surface area contributed by atoms with Crippen LogP contribution in [0.3, 0.4) is 0 Å². The fraction of sp³-hybridized carbons (Fsp3) is 0.364. The van der Waals surface area contributed by atoms with Crippen LogP contribution in [0.5, 0.6) is 11.5 Å². The maximum atomic E-state index is 11.2. The minimum Gasteiger partial charge on any atom is -0.468 e. The number of nitrogens with two attached hydrogens (primary N) is 1. The molecule has 2 N–H and O–H groups in total. The Bertz CT molecular complexity index is 405. The van der Waals surface area contributed by atoms with E-state index in [0.717, 1.165) is 5.56 Å². The molecule has 1 aliphatic heterocycles. The van der Waals surface area contributed by atoms with Crippen LogP contribution < -0.4 is 15.2 Å². The van der Waals surface area contributed by atoms with Gasteiger partial charge in [0.15, 0.2) is 11.5 Å². The van der Waals surface area contributed by atoms with Gasteiger partial charge in [-0.25, -0.2) is 0 Å². The van der Waals surface area contributed by atoms with Crippen LogP contribution in [-0.4, -0.2) is 25.9 Å². The van der Waals surface area contributed by atoms with E-state index in [2.05, 4.69) is 4.74 Å². The molecule has 2 rings (SSSR count). The van der Waals surface area contributed by atoms with Gasteiger partial charge in [-0.3, -0.25) is 4.79 Å². The van der Waals surface area contributed by atoms with Crippen LogP contribution in [0.4, 0.5) is 0 Å². The standard InChI is InChI=1S/C11H13NO4/c1-14-11(13)8(12)5-7-3-2-4-9-10(7)16-6-15-9/h2-4,8H,5-6,12H2,1H3. The number of carbonyl (C=O) groups excluding carboxylic acids is 1. The van der Waals surface area contributed by atoms with Crippen LogP contribution in [0.25, 0.3) is 0 Å². The molecule has 0 fully saturated rings. The molecule has 0 saturated heterocycles. The molecule has 16 heavy (non-hydrogen) atoms. The molecule has 1 aliphatic rings. The molecular formula is C11H13NO4. The second-order valence-electron chi connectivity index (χ2n) is 3.48. The average molecular weight is 223 g/mol. The van der Waals surface area contributed by atoms with Gasteiger partial charge >= 0.3 is 5.97 Å². The second kappa shape index (κ2) is 4.40. The summed E-state index contributed by atoms with van der Waals surface area (Å²) in [6.45, 7) is 0.208. The van der Waals surface area contributed by atoms with Crippen LogP contribution in [-0.2, 0) is 16.0 Å². The maximum absolute atomic E-state index is 11.2. The van der Waals surface area contributed by atoms with Crippen LogP contribution >= 0.6 is 0 Å². The average Bonchev–Trinajstić information content (AvgIpc) is 2.77. The minimum absolute atomic E-state index is 0.208. The predicted molar refractivity (Wildman–Crippen MR) is 56.3 cm³/mol. The first kappa shape index (κ1) is 10.8. The number of ether oxygens (including phenoxy) is 3. The molecule has 1 unspecified atom stereocenters. The molecule has 0 aromatic heterocycles. The molecule has 1 heterocycles. The van der Waals surface area contributed by atoms with E-state index in [1.165, 1.54) is 7.11 Å². The fourth-order valence-electron chi connectivity index (χ4n) is 1.62. The Morgan fingerprint density at radius 2 is 2.38 bits per heavy atom. The lowest BCUT2D eigenvalue weighted by Gasteiger charge is -2.10. The number of esters is 1. The lowest BCUT2D eigenvalue weighted by atomic mass is 10.1. The zero-order valence-electron chi connectivity index (χ0n) is 8.93. The number of carbonyl (C=O) groups is 1. The summed E-state index contributed by atoms with van der Waals surface area (Å²) in [5.74, 6) is 0.924. The highest BCUT2D eigenvalue weighted by molar-refractivity contribution is 5.76. The lowest BCUT2D eigenvalue weighted by Crippen LogP contribution is -2.33. The molecule has 0 bridgehead atoms. The third-order valence-corrected chi connectivity index (χ3v) is 2.42. The Labute approximate surface area is 93.1 Å². The van der Waals surface area contributed by atoms with Gasteiger partial charge in [0, 0.05) is 12.0 Å².